The molecule has 0 radical (unpaired) electrons. The molecule has 0 aromatic heterocycles. The van der Waals surface area contributed by atoms with Crippen molar-refractivity contribution < 1.29 is 4.79 Å². The van der Waals surface area contributed by atoms with Crippen LogP contribution in [0.2, 0.25) is 0 Å². The van der Waals surface area contributed by atoms with Gasteiger partial charge >= 0.3 is 0 Å². The van der Waals surface area contributed by atoms with E-state index in [0.29, 0.717) is 17.3 Å². The quantitative estimate of drug-likeness (QED) is 0.782. The van der Waals surface area contributed by atoms with Crippen molar-refractivity contribution >= 4 is 17.3 Å². The van der Waals surface area contributed by atoms with Gasteiger partial charge in [0, 0.05) is 12.6 Å². The van der Waals surface area contributed by atoms with E-state index in [4.69, 9.17) is 11.5 Å². The predicted molar refractivity (Wildman–Crippen MR) is 74.6 cm³/mol. The maximum Gasteiger partial charge on any atom is 0.250 e. The van der Waals surface area contributed by atoms with Gasteiger partial charge in [0.15, 0.2) is 0 Å². The molecular formula is C14H21N3O. The molecule has 1 aliphatic rings. The summed E-state index contributed by atoms with van der Waals surface area (Å²) in [6.07, 6.45) is 2.53. The first-order valence-electron chi connectivity index (χ1n) is 6.45. The highest BCUT2D eigenvalue weighted by Gasteiger charge is 2.28. The summed E-state index contributed by atoms with van der Waals surface area (Å²) in [7, 11) is 0. The average Bonchev–Trinajstić information content (AvgIpc) is 3.09. The van der Waals surface area contributed by atoms with Crippen LogP contribution in [-0.2, 0) is 0 Å². The van der Waals surface area contributed by atoms with Gasteiger partial charge in [0.05, 0.1) is 16.9 Å². The number of rotatable bonds is 5. The molecule has 0 atom stereocenters. The smallest absolute Gasteiger partial charge is 0.250 e. The van der Waals surface area contributed by atoms with Crippen molar-refractivity contribution in [1.82, 2.24) is 0 Å². The van der Waals surface area contributed by atoms with Gasteiger partial charge in [-0.05, 0) is 44.7 Å². The Labute approximate surface area is 108 Å². The molecule has 0 aliphatic heterocycles. The predicted octanol–water partition coefficient (Wildman–Crippen LogP) is 1.99. The van der Waals surface area contributed by atoms with Crippen LogP contribution in [0.5, 0.6) is 0 Å². The van der Waals surface area contributed by atoms with Crippen LogP contribution >= 0.6 is 0 Å². The van der Waals surface area contributed by atoms with Crippen molar-refractivity contribution in [2.45, 2.75) is 32.7 Å². The van der Waals surface area contributed by atoms with E-state index in [1.54, 1.807) is 12.1 Å². The van der Waals surface area contributed by atoms with E-state index in [2.05, 4.69) is 18.7 Å². The first-order chi connectivity index (χ1) is 8.50. The largest absolute Gasteiger partial charge is 0.397 e. The molecule has 4 N–H and O–H groups in total. The lowest BCUT2D eigenvalue weighted by atomic mass is 10.1. The average molecular weight is 247 g/mol. The number of hydrogen-bond acceptors (Lipinski definition) is 3. The summed E-state index contributed by atoms with van der Waals surface area (Å²) in [5.74, 6) is 0.312. The number of amides is 1. The summed E-state index contributed by atoms with van der Waals surface area (Å²) < 4.78 is 0. The van der Waals surface area contributed by atoms with Gasteiger partial charge in [0.1, 0.15) is 0 Å². The van der Waals surface area contributed by atoms with Gasteiger partial charge in [0.25, 0.3) is 5.91 Å². The molecule has 1 aliphatic carbocycles. The molecule has 0 saturated heterocycles. The SMILES string of the molecule is CC(C)N(CC1CC1)c1c(N)cccc1C(N)=O. The minimum absolute atomic E-state index is 0.299. The summed E-state index contributed by atoms with van der Waals surface area (Å²) in [5, 5.41) is 0. The molecule has 0 bridgehead atoms. The van der Waals surface area contributed by atoms with Crippen LogP contribution in [0, 0.1) is 5.92 Å². The van der Waals surface area contributed by atoms with Gasteiger partial charge in [-0.25, -0.2) is 0 Å². The zero-order valence-electron chi connectivity index (χ0n) is 11.0. The first kappa shape index (κ1) is 12.7. The second kappa shape index (κ2) is 4.88. The topological polar surface area (TPSA) is 72.3 Å². The maximum absolute atomic E-state index is 11.5. The molecule has 1 aromatic carbocycles. The molecule has 0 unspecified atom stereocenters. The monoisotopic (exact) mass is 247 g/mol. The van der Waals surface area contributed by atoms with Crippen molar-refractivity contribution in [2.24, 2.45) is 11.7 Å². The Kier molecular flexibility index (Phi) is 3.45. The Hall–Kier alpha value is -1.71. The standard InChI is InChI=1S/C14H21N3O/c1-9(2)17(8-10-6-7-10)13-11(14(16)18)4-3-5-12(13)15/h3-5,9-10H,6-8,15H2,1-2H3,(H2,16,18). The van der Waals surface area contributed by atoms with Crippen molar-refractivity contribution in [1.29, 1.82) is 0 Å². The molecule has 1 aromatic rings. The van der Waals surface area contributed by atoms with Crippen LogP contribution in [0.3, 0.4) is 0 Å². The number of carbonyl (C=O) groups excluding carboxylic acids is 1. The Morgan fingerprint density at radius 3 is 2.61 bits per heavy atom. The number of nitrogens with two attached hydrogens (primary N) is 2. The highest BCUT2D eigenvalue weighted by molar-refractivity contribution is 6.01. The number of nitrogen functional groups attached to an aromatic ring is 1. The van der Waals surface area contributed by atoms with E-state index in [0.717, 1.165) is 18.2 Å². The van der Waals surface area contributed by atoms with E-state index in [-0.39, 0.29) is 0 Å². The van der Waals surface area contributed by atoms with Gasteiger partial charge in [-0.2, -0.15) is 0 Å². The van der Waals surface area contributed by atoms with Crippen LogP contribution in [0.15, 0.2) is 18.2 Å². The van der Waals surface area contributed by atoms with E-state index < -0.39 is 5.91 Å². The molecule has 1 amide bonds. The molecule has 18 heavy (non-hydrogen) atoms. The summed E-state index contributed by atoms with van der Waals surface area (Å²) in [6.45, 7) is 5.17. The maximum atomic E-state index is 11.5. The molecule has 1 fully saturated rings. The highest BCUT2D eigenvalue weighted by atomic mass is 16.1. The van der Waals surface area contributed by atoms with Crippen molar-refractivity contribution in [3.63, 3.8) is 0 Å². The van der Waals surface area contributed by atoms with Gasteiger partial charge in [-0.15, -0.1) is 0 Å². The second-order valence-electron chi connectivity index (χ2n) is 5.30. The normalized spacial score (nSPS) is 14.8. The fraction of sp³-hybridized carbons (Fsp3) is 0.500. The van der Waals surface area contributed by atoms with Crippen LogP contribution in [0.4, 0.5) is 11.4 Å². The number of para-hydroxylation sites is 1. The molecule has 1 saturated carbocycles. The lowest BCUT2D eigenvalue weighted by Crippen LogP contribution is -2.35. The third-order valence-corrected chi connectivity index (χ3v) is 3.40. The van der Waals surface area contributed by atoms with E-state index in [1.807, 2.05) is 6.07 Å². The van der Waals surface area contributed by atoms with Crippen LogP contribution in [0.25, 0.3) is 0 Å². The lowest BCUT2D eigenvalue weighted by molar-refractivity contribution is 0.100. The molecule has 0 spiro atoms. The van der Waals surface area contributed by atoms with Crippen molar-refractivity contribution in [3.05, 3.63) is 23.8 Å². The van der Waals surface area contributed by atoms with E-state index >= 15 is 0 Å². The third kappa shape index (κ3) is 2.58. The number of nitrogens with zero attached hydrogens (tertiary/aromatic N) is 1. The fourth-order valence-electron chi connectivity index (χ4n) is 2.22. The van der Waals surface area contributed by atoms with E-state index in [9.17, 15) is 4.79 Å². The van der Waals surface area contributed by atoms with Crippen LogP contribution in [0.1, 0.15) is 37.0 Å². The second-order valence-corrected chi connectivity index (χ2v) is 5.30. The molecule has 98 valence electrons. The zero-order valence-corrected chi connectivity index (χ0v) is 11.0. The summed E-state index contributed by atoms with van der Waals surface area (Å²) in [5.41, 5.74) is 13.4. The number of benzene rings is 1. The summed E-state index contributed by atoms with van der Waals surface area (Å²) in [4.78, 5) is 13.7. The van der Waals surface area contributed by atoms with Gasteiger partial charge < -0.3 is 16.4 Å². The Bertz CT molecular complexity index is 452. The third-order valence-electron chi connectivity index (χ3n) is 3.40. The molecule has 0 heterocycles. The molecule has 2 rings (SSSR count). The van der Waals surface area contributed by atoms with Crippen LogP contribution in [-0.4, -0.2) is 18.5 Å². The number of hydrogen-bond donors (Lipinski definition) is 2. The number of primary amides is 1. The highest BCUT2D eigenvalue weighted by Crippen LogP contribution is 2.35. The van der Waals surface area contributed by atoms with Crippen LogP contribution < -0.4 is 16.4 Å². The first-order valence-corrected chi connectivity index (χ1v) is 6.45. The molecule has 4 heteroatoms. The minimum Gasteiger partial charge on any atom is -0.397 e. The lowest BCUT2D eigenvalue weighted by Gasteiger charge is -2.31. The molecule has 4 nitrogen and oxygen atoms in total. The molecular weight excluding hydrogens is 226 g/mol. The van der Waals surface area contributed by atoms with Gasteiger partial charge in [-0.3, -0.25) is 4.79 Å². The summed E-state index contributed by atoms with van der Waals surface area (Å²) >= 11 is 0. The number of anilines is 2. The Morgan fingerprint density at radius 2 is 2.11 bits per heavy atom. The minimum atomic E-state index is -0.418. The van der Waals surface area contributed by atoms with Gasteiger partial charge in [0.2, 0.25) is 0 Å². The summed E-state index contributed by atoms with van der Waals surface area (Å²) in [6, 6.07) is 5.64. The Morgan fingerprint density at radius 1 is 1.44 bits per heavy atom. The Balaban J connectivity index is 2.41. The zero-order chi connectivity index (χ0) is 13.3. The van der Waals surface area contributed by atoms with Gasteiger partial charge in [-0.1, -0.05) is 6.07 Å². The van der Waals surface area contributed by atoms with E-state index in [1.165, 1.54) is 12.8 Å². The fourth-order valence-corrected chi connectivity index (χ4v) is 2.22. The van der Waals surface area contributed by atoms with Crippen molar-refractivity contribution in [3.8, 4) is 0 Å². The number of carbonyl (C=O) groups is 1. The van der Waals surface area contributed by atoms with Crippen molar-refractivity contribution in [2.75, 3.05) is 17.2 Å².